The fraction of sp³-hybridized carbons (Fsp3) is 0.562. The van der Waals surface area contributed by atoms with Crippen molar-refractivity contribution in [3.8, 4) is 0 Å². The lowest BCUT2D eigenvalue weighted by atomic mass is 10.1. The third-order valence-corrected chi connectivity index (χ3v) is 3.75. The number of nitrogens with one attached hydrogen (secondary N) is 2. The van der Waals surface area contributed by atoms with Gasteiger partial charge in [-0.2, -0.15) is 0 Å². The van der Waals surface area contributed by atoms with Gasteiger partial charge >= 0.3 is 0 Å². The molecule has 1 aliphatic heterocycles. The molecule has 1 amide bonds. The van der Waals surface area contributed by atoms with E-state index in [1.807, 2.05) is 6.92 Å². The highest BCUT2D eigenvalue weighted by molar-refractivity contribution is 5.78. The lowest BCUT2D eigenvalue weighted by Gasteiger charge is -2.30. The molecule has 122 valence electrons. The number of halogens is 1. The van der Waals surface area contributed by atoms with Crippen LogP contribution in [0.2, 0.25) is 0 Å². The summed E-state index contributed by atoms with van der Waals surface area (Å²) in [5.41, 5.74) is 0.881. The Labute approximate surface area is 130 Å². The monoisotopic (exact) mass is 309 g/mol. The minimum absolute atomic E-state index is 0.0824. The first-order valence-electron chi connectivity index (χ1n) is 7.60. The highest BCUT2D eigenvalue weighted by Gasteiger charge is 2.17. The number of ether oxygens (including phenoxy) is 1. The number of rotatable bonds is 6. The van der Waals surface area contributed by atoms with Crippen molar-refractivity contribution in [1.82, 2.24) is 15.5 Å². The van der Waals surface area contributed by atoms with Crippen molar-refractivity contribution in [2.24, 2.45) is 0 Å². The Balaban J connectivity index is 1.68. The van der Waals surface area contributed by atoms with Crippen LogP contribution in [-0.2, 0) is 9.53 Å². The molecule has 0 saturated carbocycles. The van der Waals surface area contributed by atoms with Gasteiger partial charge in [0, 0.05) is 19.6 Å². The van der Waals surface area contributed by atoms with Crippen LogP contribution in [0.25, 0.3) is 0 Å². The molecule has 0 aromatic heterocycles. The fourth-order valence-electron chi connectivity index (χ4n) is 2.46. The molecule has 1 saturated heterocycles. The van der Waals surface area contributed by atoms with Gasteiger partial charge in [-0.3, -0.25) is 4.79 Å². The number of hydrogen-bond acceptors (Lipinski definition) is 4. The molecule has 1 aromatic rings. The molecule has 1 fully saturated rings. The summed E-state index contributed by atoms with van der Waals surface area (Å²) in [5, 5.41) is 6.00. The lowest BCUT2D eigenvalue weighted by Crippen LogP contribution is -2.46. The van der Waals surface area contributed by atoms with Gasteiger partial charge in [-0.15, -0.1) is 0 Å². The Morgan fingerprint density at radius 3 is 2.86 bits per heavy atom. The summed E-state index contributed by atoms with van der Waals surface area (Å²) in [7, 11) is 2.06. The SMILES string of the molecule is CC(NC(=O)CNCC1CN(C)CCO1)c1ccc(F)cc1. The Morgan fingerprint density at radius 1 is 1.45 bits per heavy atom. The third-order valence-electron chi connectivity index (χ3n) is 3.75. The number of nitrogens with zero attached hydrogens (tertiary/aromatic N) is 1. The molecule has 1 heterocycles. The second kappa shape index (κ2) is 8.22. The van der Waals surface area contributed by atoms with Gasteiger partial charge in [-0.05, 0) is 31.7 Å². The Kier molecular flexibility index (Phi) is 6.30. The zero-order valence-electron chi connectivity index (χ0n) is 13.1. The number of carbonyl (C=O) groups is 1. The number of hydrogen-bond donors (Lipinski definition) is 2. The zero-order valence-corrected chi connectivity index (χ0v) is 13.1. The van der Waals surface area contributed by atoms with Gasteiger partial charge in [0.05, 0.1) is 25.3 Å². The summed E-state index contributed by atoms with van der Waals surface area (Å²) < 4.78 is 18.5. The first-order valence-corrected chi connectivity index (χ1v) is 7.60. The highest BCUT2D eigenvalue weighted by Crippen LogP contribution is 2.12. The summed E-state index contributed by atoms with van der Waals surface area (Å²) in [6.45, 7) is 5.34. The average molecular weight is 309 g/mol. The van der Waals surface area contributed by atoms with Crippen LogP contribution in [0.15, 0.2) is 24.3 Å². The van der Waals surface area contributed by atoms with Crippen LogP contribution in [-0.4, -0.2) is 56.7 Å². The third kappa shape index (κ3) is 5.36. The van der Waals surface area contributed by atoms with E-state index in [2.05, 4.69) is 22.6 Å². The predicted molar refractivity (Wildman–Crippen MR) is 83.1 cm³/mol. The molecule has 2 N–H and O–H groups in total. The van der Waals surface area contributed by atoms with Gasteiger partial charge in [0.15, 0.2) is 0 Å². The largest absolute Gasteiger partial charge is 0.374 e. The fourth-order valence-corrected chi connectivity index (χ4v) is 2.46. The van der Waals surface area contributed by atoms with Gasteiger partial charge in [-0.1, -0.05) is 12.1 Å². The van der Waals surface area contributed by atoms with E-state index < -0.39 is 0 Å². The quantitative estimate of drug-likeness (QED) is 0.821. The van der Waals surface area contributed by atoms with Crippen LogP contribution in [0.4, 0.5) is 4.39 Å². The van der Waals surface area contributed by atoms with Crippen molar-refractivity contribution in [3.63, 3.8) is 0 Å². The standard InChI is InChI=1S/C16H24FN3O2/c1-12(13-3-5-14(17)6-4-13)19-16(21)10-18-9-15-11-20(2)7-8-22-15/h3-6,12,15,18H,7-11H2,1-2H3,(H,19,21). The first kappa shape index (κ1) is 16.9. The molecule has 5 nitrogen and oxygen atoms in total. The molecule has 0 radical (unpaired) electrons. The molecule has 0 bridgehead atoms. The Hall–Kier alpha value is -1.50. The van der Waals surface area contributed by atoms with Crippen molar-refractivity contribution in [2.45, 2.75) is 19.1 Å². The zero-order chi connectivity index (χ0) is 15.9. The summed E-state index contributed by atoms with van der Waals surface area (Å²) in [6, 6.07) is 6.01. The van der Waals surface area contributed by atoms with Crippen LogP contribution in [0.5, 0.6) is 0 Å². The number of morpholine rings is 1. The van der Waals surface area contributed by atoms with Crippen molar-refractivity contribution in [1.29, 1.82) is 0 Å². The molecule has 2 atom stereocenters. The molecule has 2 rings (SSSR count). The first-order chi connectivity index (χ1) is 10.5. The van der Waals surface area contributed by atoms with Crippen LogP contribution in [0, 0.1) is 5.82 Å². The van der Waals surface area contributed by atoms with E-state index in [1.54, 1.807) is 12.1 Å². The minimum atomic E-state index is -0.276. The van der Waals surface area contributed by atoms with Crippen LogP contribution >= 0.6 is 0 Å². The van der Waals surface area contributed by atoms with Gasteiger partial charge in [-0.25, -0.2) is 4.39 Å². The molecule has 2 unspecified atom stereocenters. The topological polar surface area (TPSA) is 53.6 Å². The number of likely N-dealkylation sites (N-methyl/N-ethyl adjacent to an activating group) is 1. The Bertz CT molecular complexity index is 481. The van der Waals surface area contributed by atoms with E-state index >= 15 is 0 Å². The summed E-state index contributed by atoms with van der Waals surface area (Å²) in [4.78, 5) is 14.1. The molecule has 0 spiro atoms. The molecule has 1 aliphatic rings. The van der Waals surface area contributed by atoms with E-state index in [0.717, 1.165) is 25.3 Å². The molecular formula is C16H24FN3O2. The van der Waals surface area contributed by atoms with Gasteiger partial charge in [0.2, 0.25) is 5.91 Å². The van der Waals surface area contributed by atoms with Crippen LogP contribution in [0.1, 0.15) is 18.5 Å². The van der Waals surface area contributed by atoms with E-state index in [1.165, 1.54) is 12.1 Å². The van der Waals surface area contributed by atoms with Crippen LogP contribution in [0.3, 0.4) is 0 Å². The molecular weight excluding hydrogens is 285 g/mol. The number of carbonyl (C=O) groups excluding carboxylic acids is 1. The lowest BCUT2D eigenvalue weighted by molar-refractivity contribution is -0.121. The second-order valence-electron chi connectivity index (χ2n) is 5.73. The van der Waals surface area contributed by atoms with E-state index in [4.69, 9.17) is 4.74 Å². The minimum Gasteiger partial charge on any atom is -0.374 e. The maximum atomic E-state index is 12.9. The maximum Gasteiger partial charge on any atom is 0.234 e. The predicted octanol–water partition coefficient (Wildman–Crippen LogP) is 0.923. The molecule has 6 heteroatoms. The van der Waals surface area contributed by atoms with Crippen LogP contribution < -0.4 is 10.6 Å². The normalized spacial score (nSPS) is 20.6. The smallest absolute Gasteiger partial charge is 0.234 e. The van der Waals surface area contributed by atoms with Gasteiger partial charge in [0.25, 0.3) is 0 Å². The molecule has 1 aromatic carbocycles. The second-order valence-corrected chi connectivity index (χ2v) is 5.73. The van der Waals surface area contributed by atoms with E-state index in [9.17, 15) is 9.18 Å². The van der Waals surface area contributed by atoms with Gasteiger partial charge in [0.1, 0.15) is 5.82 Å². The highest BCUT2D eigenvalue weighted by atomic mass is 19.1. The maximum absolute atomic E-state index is 12.9. The average Bonchev–Trinajstić information content (AvgIpc) is 2.48. The number of amides is 1. The van der Waals surface area contributed by atoms with E-state index in [0.29, 0.717) is 6.54 Å². The van der Waals surface area contributed by atoms with Crippen molar-refractivity contribution >= 4 is 5.91 Å². The summed E-state index contributed by atoms with van der Waals surface area (Å²) in [5.74, 6) is -0.359. The number of benzene rings is 1. The summed E-state index contributed by atoms with van der Waals surface area (Å²) >= 11 is 0. The van der Waals surface area contributed by atoms with Crippen molar-refractivity contribution in [3.05, 3.63) is 35.6 Å². The summed E-state index contributed by atoms with van der Waals surface area (Å²) in [6.07, 6.45) is 0.126. The van der Waals surface area contributed by atoms with Crippen molar-refractivity contribution in [2.75, 3.05) is 39.8 Å². The van der Waals surface area contributed by atoms with Gasteiger partial charge < -0.3 is 20.3 Å². The molecule has 0 aliphatic carbocycles. The molecule has 22 heavy (non-hydrogen) atoms. The van der Waals surface area contributed by atoms with E-state index in [-0.39, 0.29) is 30.4 Å². The Morgan fingerprint density at radius 2 is 2.18 bits per heavy atom. The van der Waals surface area contributed by atoms with Crippen molar-refractivity contribution < 1.29 is 13.9 Å².